The molecule has 0 saturated heterocycles. The van der Waals surface area contributed by atoms with Gasteiger partial charge in [-0.3, -0.25) is 14.2 Å². The summed E-state index contributed by atoms with van der Waals surface area (Å²) in [5.74, 6) is 0.291. The van der Waals surface area contributed by atoms with Gasteiger partial charge in [-0.2, -0.15) is 0 Å². The molecular weight excluding hydrogens is 384 g/mol. The van der Waals surface area contributed by atoms with E-state index < -0.39 is 0 Å². The number of hydrogen-bond acceptors (Lipinski definition) is 5. The van der Waals surface area contributed by atoms with Gasteiger partial charge in [-0.05, 0) is 23.3 Å². The highest BCUT2D eigenvalue weighted by Crippen LogP contribution is 2.31. The molecule has 7 heteroatoms. The number of carbonyl (C=O) groups excluding carboxylic acids is 1. The van der Waals surface area contributed by atoms with Crippen LogP contribution >= 0.6 is 11.3 Å². The third kappa shape index (κ3) is 3.21. The SMILES string of the molecule is COc1cncc(NC(=O)c2cn3c(n2)sc2cc(-c4ccccc4)ccc23)c1. The predicted molar refractivity (Wildman–Crippen MR) is 115 cm³/mol. The highest BCUT2D eigenvalue weighted by molar-refractivity contribution is 7.23. The number of amides is 1. The molecule has 142 valence electrons. The second kappa shape index (κ2) is 7.03. The van der Waals surface area contributed by atoms with Gasteiger partial charge in [0.25, 0.3) is 5.91 Å². The quantitative estimate of drug-likeness (QED) is 0.467. The van der Waals surface area contributed by atoms with E-state index in [-0.39, 0.29) is 5.91 Å². The Morgan fingerprint density at radius 1 is 1.07 bits per heavy atom. The first-order chi connectivity index (χ1) is 14.2. The minimum atomic E-state index is -0.287. The lowest BCUT2D eigenvalue weighted by molar-refractivity contribution is 0.102. The minimum Gasteiger partial charge on any atom is -0.495 e. The molecule has 0 unspecified atom stereocenters. The van der Waals surface area contributed by atoms with Gasteiger partial charge in [0.2, 0.25) is 0 Å². The smallest absolute Gasteiger partial charge is 0.275 e. The van der Waals surface area contributed by atoms with Crippen LogP contribution in [-0.2, 0) is 0 Å². The average Bonchev–Trinajstić information content (AvgIpc) is 3.32. The molecule has 0 saturated carbocycles. The molecule has 6 nitrogen and oxygen atoms in total. The van der Waals surface area contributed by atoms with Crippen molar-refractivity contribution in [2.75, 3.05) is 12.4 Å². The zero-order valence-corrected chi connectivity index (χ0v) is 16.3. The van der Waals surface area contributed by atoms with Gasteiger partial charge in [0.1, 0.15) is 11.4 Å². The first-order valence-electron chi connectivity index (χ1n) is 8.99. The summed E-state index contributed by atoms with van der Waals surface area (Å²) in [5, 5.41) is 2.81. The summed E-state index contributed by atoms with van der Waals surface area (Å²) in [4.78, 5) is 21.9. The number of anilines is 1. The van der Waals surface area contributed by atoms with Crippen LogP contribution in [0.15, 0.2) is 73.2 Å². The number of pyridine rings is 1. The number of thiazole rings is 1. The number of imidazole rings is 1. The molecule has 0 aliphatic carbocycles. The Labute approximate surface area is 170 Å². The molecule has 3 heterocycles. The van der Waals surface area contributed by atoms with E-state index in [4.69, 9.17) is 4.74 Å². The van der Waals surface area contributed by atoms with Gasteiger partial charge < -0.3 is 10.1 Å². The fraction of sp³-hybridized carbons (Fsp3) is 0.0455. The van der Waals surface area contributed by atoms with Crippen molar-refractivity contribution >= 4 is 38.1 Å². The van der Waals surface area contributed by atoms with Crippen molar-refractivity contribution < 1.29 is 9.53 Å². The Bertz CT molecular complexity index is 1340. The van der Waals surface area contributed by atoms with E-state index in [0.717, 1.165) is 20.7 Å². The molecule has 1 N–H and O–H groups in total. The van der Waals surface area contributed by atoms with E-state index in [1.807, 2.05) is 22.6 Å². The van der Waals surface area contributed by atoms with Crippen LogP contribution in [0.3, 0.4) is 0 Å². The summed E-state index contributed by atoms with van der Waals surface area (Å²) in [7, 11) is 1.56. The lowest BCUT2D eigenvalue weighted by atomic mass is 10.1. The zero-order chi connectivity index (χ0) is 19.8. The second-order valence-electron chi connectivity index (χ2n) is 6.50. The molecule has 5 aromatic rings. The Morgan fingerprint density at radius 3 is 2.76 bits per heavy atom. The van der Waals surface area contributed by atoms with Crippen molar-refractivity contribution in [2.24, 2.45) is 0 Å². The van der Waals surface area contributed by atoms with Crippen LogP contribution in [0.4, 0.5) is 5.69 Å². The fourth-order valence-corrected chi connectivity index (χ4v) is 4.26. The van der Waals surface area contributed by atoms with Crippen molar-refractivity contribution in [3.63, 3.8) is 0 Å². The number of nitrogens with zero attached hydrogens (tertiary/aromatic N) is 3. The maximum absolute atomic E-state index is 12.6. The number of benzene rings is 2. The number of methoxy groups -OCH3 is 1. The van der Waals surface area contributed by atoms with Gasteiger partial charge in [-0.1, -0.05) is 47.7 Å². The topological polar surface area (TPSA) is 68.5 Å². The molecule has 0 radical (unpaired) electrons. The van der Waals surface area contributed by atoms with Crippen molar-refractivity contribution in [1.82, 2.24) is 14.4 Å². The lowest BCUT2D eigenvalue weighted by Gasteiger charge is -2.04. The number of nitrogens with one attached hydrogen (secondary N) is 1. The van der Waals surface area contributed by atoms with Gasteiger partial charge in [0.15, 0.2) is 4.96 Å². The van der Waals surface area contributed by atoms with Gasteiger partial charge in [-0.15, -0.1) is 0 Å². The summed E-state index contributed by atoms with van der Waals surface area (Å²) in [6, 6.07) is 18.3. The van der Waals surface area contributed by atoms with Crippen LogP contribution in [0.25, 0.3) is 26.3 Å². The molecule has 0 fully saturated rings. The molecule has 0 atom stereocenters. The molecule has 0 aliphatic heterocycles. The number of hydrogen-bond donors (Lipinski definition) is 1. The highest BCUT2D eigenvalue weighted by atomic mass is 32.1. The number of aromatic nitrogens is 3. The standard InChI is InChI=1S/C22H16N4O2S/c1-28-17-10-16(11-23-12-17)24-21(27)18-13-26-19-8-7-15(14-5-3-2-4-6-14)9-20(19)29-22(26)25-18/h2-13H,1H3,(H,24,27). The summed E-state index contributed by atoms with van der Waals surface area (Å²) < 4.78 is 8.21. The van der Waals surface area contributed by atoms with Crippen LogP contribution in [-0.4, -0.2) is 27.4 Å². The Kier molecular flexibility index (Phi) is 4.22. The van der Waals surface area contributed by atoms with Crippen molar-refractivity contribution in [3.8, 4) is 16.9 Å². The summed E-state index contributed by atoms with van der Waals surface area (Å²) in [6.07, 6.45) is 4.91. The summed E-state index contributed by atoms with van der Waals surface area (Å²) in [6.45, 7) is 0. The second-order valence-corrected chi connectivity index (χ2v) is 7.51. The molecule has 29 heavy (non-hydrogen) atoms. The summed E-state index contributed by atoms with van der Waals surface area (Å²) >= 11 is 1.56. The van der Waals surface area contributed by atoms with Crippen LogP contribution in [0.1, 0.15) is 10.5 Å². The molecule has 0 spiro atoms. The Morgan fingerprint density at radius 2 is 1.93 bits per heavy atom. The van der Waals surface area contributed by atoms with Crippen molar-refractivity contribution in [3.05, 3.63) is 78.9 Å². The van der Waals surface area contributed by atoms with Crippen LogP contribution in [0, 0.1) is 0 Å². The summed E-state index contributed by atoms with van der Waals surface area (Å²) in [5.41, 5.74) is 4.27. The monoisotopic (exact) mass is 400 g/mol. The predicted octanol–water partition coefficient (Wildman–Crippen LogP) is 4.87. The third-order valence-corrected chi connectivity index (χ3v) is 5.66. The molecule has 0 aliphatic rings. The first kappa shape index (κ1) is 17.4. The maximum Gasteiger partial charge on any atom is 0.275 e. The lowest BCUT2D eigenvalue weighted by Crippen LogP contribution is -2.12. The molecule has 1 amide bonds. The van der Waals surface area contributed by atoms with E-state index in [9.17, 15) is 4.79 Å². The van der Waals surface area contributed by atoms with Gasteiger partial charge >= 0.3 is 0 Å². The Hall–Kier alpha value is -3.71. The van der Waals surface area contributed by atoms with Crippen LogP contribution in [0.5, 0.6) is 5.75 Å². The first-order valence-corrected chi connectivity index (χ1v) is 9.80. The molecular formula is C22H16N4O2S. The molecule has 2 aromatic carbocycles. The zero-order valence-electron chi connectivity index (χ0n) is 15.5. The number of rotatable bonds is 4. The van der Waals surface area contributed by atoms with E-state index in [0.29, 0.717) is 17.1 Å². The third-order valence-electron chi connectivity index (χ3n) is 4.64. The van der Waals surface area contributed by atoms with E-state index in [1.54, 1.807) is 43.1 Å². The fourth-order valence-electron chi connectivity index (χ4n) is 3.21. The minimum absolute atomic E-state index is 0.287. The van der Waals surface area contributed by atoms with Gasteiger partial charge in [0, 0.05) is 12.3 Å². The largest absolute Gasteiger partial charge is 0.495 e. The van der Waals surface area contributed by atoms with E-state index in [1.165, 1.54) is 5.56 Å². The van der Waals surface area contributed by atoms with Gasteiger partial charge in [-0.25, -0.2) is 4.98 Å². The van der Waals surface area contributed by atoms with E-state index >= 15 is 0 Å². The molecule has 5 rings (SSSR count). The van der Waals surface area contributed by atoms with Crippen molar-refractivity contribution in [1.29, 1.82) is 0 Å². The van der Waals surface area contributed by atoms with Gasteiger partial charge in [0.05, 0.1) is 35.4 Å². The number of carbonyl (C=O) groups is 1. The average molecular weight is 400 g/mol. The van der Waals surface area contributed by atoms with Crippen LogP contribution < -0.4 is 10.1 Å². The molecule has 0 bridgehead atoms. The Balaban J connectivity index is 1.46. The van der Waals surface area contributed by atoms with E-state index in [2.05, 4.69) is 45.6 Å². The highest BCUT2D eigenvalue weighted by Gasteiger charge is 2.15. The maximum atomic E-state index is 12.6. The molecule has 3 aromatic heterocycles. The number of fused-ring (bicyclic) bond motifs is 3. The number of ether oxygens (including phenoxy) is 1. The van der Waals surface area contributed by atoms with Crippen molar-refractivity contribution in [2.45, 2.75) is 0 Å². The van der Waals surface area contributed by atoms with Crippen LogP contribution in [0.2, 0.25) is 0 Å². The normalized spacial score (nSPS) is 11.1.